The van der Waals surface area contributed by atoms with Crippen molar-refractivity contribution in [2.45, 2.75) is 31.3 Å². The predicted molar refractivity (Wildman–Crippen MR) is 78.1 cm³/mol. The lowest BCUT2D eigenvalue weighted by Gasteiger charge is -2.39. The quantitative estimate of drug-likeness (QED) is 0.789. The zero-order chi connectivity index (χ0) is 16.1. The molecule has 0 radical (unpaired) electrons. The number of methoxy groups -OCH3 is 2. The Morgan fingerprint density at radius 3 is 1.91 bits per heavy atom. The lowest BCUT2D eigenvalue weighted by Crippen LogP contribution is -2.56. The standard InChI is InChI=1S/C16H19NO5/c1-21-15(19)12-9-6-10-13(16(20)22-2)17(12)14(18)11-7-4-3-5-8-11/h3-5,7-8,12-13H,6,9-10H2,1-2H3/t12-,13-/m0/s1. The van der Waals surface area contributed by atoms with Crippen LogP contribution in [-0.4, -0.2) is 49.0 Å². The molecule has 0 N–H and O–H groups in total. The summed E-state index contributed by atoms with van der Waals surface area (Å²) in [5.74, 6) is -1.40. The number of piperidine rings is 1. The van der Waals surface area contributed by atoms with Crippen molar-refractivity contribution in [1.82, 2.24) is 4.90 Å². The van der Waals surface area contributed by atoms with E-state index in [0.717, 1.165) is 0 Å². The number of benzene rings is 1. The highest BCUT2D eigenvalue weighted by molar-refractivity contribution is 5.99. The van der Waals surface area contributed by atoms with Crippen molar-refractivity contribution in [3.63, 3.8) is 0 Å². The van der Waals surface area contributed by atoms with E-state index >= 15 is 0 Å². The largest absolute Gasteiger partial charge is 0.467 e. The third-order valence-electron chi connectivity index (χ3n) is 3.83. The van der Waals surface area contributed by atoms with Crippen LogP contribution in [0.2, 0.25) is 0 Å². The van der Waals surface area contributed by atoms with E-state index in [9.17, 15) is 14.4 Å². The Hall–Kier alpha value is -2.37. The smallest absolute Gasteiger partial charge is 0.328 e. The molecule has 1 aromatic carbocycles. The summed E-state index contributed by atoms with van der Waals surface area (Å²) in [5.41, 5.74) is 0.423. The summed E-state index contributed by atoms with van der Waals surface area (Å²) in [6.07, 6.45) is 1.59. The minimum Gasteiger partial charge on any atom is -0.467 e. The van der Waals surface area contributed by atoms with Crippen LogP contribution in [0.3, 0.4) is 0 Å². The van der Waals surface area contributed by atoms with Gasteiger partial charge in [0.25, 0.3) is 5.91 Å². The first-order valence-electron chi connectivity index (χ1n) is 7.13. The first kappa shape index (κ1) is 16.0. The average Bonchev–Trinajstić information content (AvgIpc) is 2.59. The molecular formula is C16H19NO5. The number of hydrogen-bond donors (Lipinski definition) is 0. The Kier molecular flexibility index (Phi) is 5.14. The SMILES string of the molecule is COC(=O)[C@@H]1CCC[C@@H](C(=O)OC)N1C(=O)c1ccccc1. The van der Waals surface area contributed by atoms with Crippen LogP contribution >= 0.6 is 0 Å². The lowest BCUT2D eigenvalue weighted by molar-refractivity contribution is -0.155. The molecule has 1 aliphatic rings. The number of likely N-dealkylation sites (tertiary alicyclic amines) is 1. The number of ether oxygens (including phenoxy) is 2. The highest BCUT2D eigenvalue weighted by Gasteiger charge is 2.42. The van der Waals surface area contributed by atoms with Crippen molar-refractivity contribution in [2.24, 2.45) is 0 Å². The molecule has 1 aromatic rings. The van der Waals surface area contributed by atoms with Gasteiger partial charge in [-0.25, -0.2) is 9.59 Å². The molecule has 6 heteroatoms. The Balaban J connectivity index is 2.38. The number of carbonyl (C=O) groups excluding carboxylic acids is 3. The fraction of sp³-hybridized carbons (Fsp3) is 0.438. The van der Waals surface area contributed by atoms with Gasteiger partial charge in [-0.3, -0.25) is 4.79 Å². The van der Waals surface area contributed by atoms with E-state index in [1.165, 1.54) is 19.1 Å². The molecule has 0 bridgehead atoms. The summed E-state index contributed by atoms with van der Waals surface area (Å²) in [4.78, 5) is 38.1. The Bertz CT molecular complexity index is 533. The first-order valence-corrected chi connectivity index (χ1v) is 7.13. The zero-order valence-electron chi connectivity index (χ0n) is 12.7. The third kappa shape index (κ3) is 3.10. The van der Waals surface area contributed by atoms with E-state index in [1.54, 1.807) is 30.3 Å². The Morgan fingerprint density at radius 2 is 1.45 bits per heavy atom. The van der Waals surface area contributed by atoms with Gasteiger partial charge >= 0.3 is 11.9 Å². The van der Waals surface area contributed by atoms with E-state index in [1.807, 2.05) is 0 Å². The monoisotopic (exact) mass is 305 g/mol. The number of esters is 2. The second kappa shape index (κ2) is 7.06. The highest BCUT2D eigenvalue weighted by atomic mass is 16.5. The third-order valence-corrected chi connectivity index (χ3v) is 3.83. The normalized spacial score (nSPS) is 21.1. The van der Waals surface area contributed by atoms with Gasteiger partial charge in [-0.05, 0) is 31.4 Å². The van der Waals surface area contributed by atoms with E-state index in [4.69, 9.17) is 9.47 Å². The minimum absolute atomic E-state index is 0.369. The van der Waals surface area contributed by atoms with Gasteiger partial charge in [0.2, 0.25) is 0 Å². The maximum Gasteiger partial charge on any atom is 0.328 e. The fourth-order valence-corrected chi connectivity index (χ4v) is 2.75. The number of rotatable bonds is 3. The second-order valence-corrected chi connectivity index (χ2v) is 5.09. The van der Waals surface area contributed by atoms with Gasteiger partial charge in [0, 0.05) is 5.56 Å². The number of carbonyl (C=O) groups is 3. The molecule has 1 aliphatic heterocycles. The summed E-state index contributed by atoms with van der Waals surface area (Å²) in [6.45, 7) is 0. The Labute approximate surface area is 129 Å². The predicted octanol–water partition coefficient (Wildman–Crippen LogP) is 1.40. The van der Waals surface area contributed by atoms with Crippen LogP contribution in [0, 0.1) is 0 Å². The van der Waals surface area contributed by atoms with Gasteiger partial charge in [0.05, 0.1) is 14.2 Å². The zero-order valence-corrected chi connectivity index (χ0v) is 12.7. The highest BCUT2D eigenvalue weighted by Crippen LogP contribution is 2.26. The van der Waals surface area contributed by atoms with Crippen LogP contribution in [-0.2, 0) is 19.1 Å². The molecule has 1 amide bonds. The van der Waals surface area contributed by atoms with Gasteiger partial charge in [-0.2, -0.15) is 0 Å². The molecule has 0 aliphatic carbocycles. The van der Waals surface area contributed by atoms with Crippen LogP contribution in [0.25, 0.3) is 0 Å². The molecule has 0 spiro atoms. The Morgan fingerprint density at radius 1 is 0.955 bits per heavy atom. The molecule has 0 aromatic heterocycles. The summed E-state index contributed by atoms with van der Waals surface area (Å²) in [6, 6.07) is 7.03. The average molecular weight is 305 g/mol. The van der Waals surface area contributed by atoms with Crippen molar-refractivity contribution in [1.29, 1.82) is 0 Å². The number of nitrogens with zero attached hydrogens (tertiary/aromatic N) is 1. The van der Waals surface area contributed by atoms with Crippen LogP contribution in [0.5, 0.6) is 0 Å². The molecule has 22 heavy (non-hydrogen) atoms. The van der Waals surface area contributed by atoms with Gasteiger partial charge in [-0.1, -0.05) is 18.2 Å². The molecule has 0 saturated carbocycles. The maximum atomic E-state index is 12.8. The molecule has 118 valence electrons. The lowest BCUT2D eigenvalue weighted by atomic mass is 9.94. The van der Waals surface area contributed by atoms with E-state index in [-0.39, 0.29) is 5.91 Å². The fourth-order valence-electron chi connectivity index (χ4n) is 2.75. The summed E-state index contributed by atoms with van der Waals surface area (Å²) >= 11 is 0. The van der Waals surface area contributed by atoms with E-state index in [2.05, 4.69) is 0 Å². The van der Waals surface area contributed by atoms with Crippen LogP contribution in [0.1, 0.15) is 29.6 Å². The number of amides is 1. The minimum atomic E-state index is -0.768. The van der Waals surface area contributed by atoms with E-state index < -0.39 is 24.0 Å². The maximum absolute atomic E-state index is 12.8. The van der Waals surface area contributed by atoms with Gasteiger partial charge in [-0.15, -0.1) is 0 Å². The molecular weight excluding hydrogens is 286 g/mol. The van der Waals surface area contributed by atoms with E-state index in [0.29, 0.717) is 24.8 Å². The van der Waals surface area contributed by atoms with Crippen molar-refractivity contribution in [3.8, 4) is 0 Å². The second-order valence-electron chi connectivity index (χ2n) is 5.09. The molecule has 0 unspecified atom stereocenters. The molecule has 2 atom stereocenters. The summed E-state index contributed by atoms with van der Waals surface area (Å²) in [7, 11) is 2.55. The molecule has 1 saturated heterocycles. The summed E-state index contributed by atoms with van der Waals surface area (Å²) < 4.78 is 9.57. The van der Waals surface area contributed by atoms with Crippen LogP contribution in [0.4, 0.5) is 0 Å². The molecule has 1 fully saturated rings. The van der Waals surface area contributed by atoms with Gasteiger partial charge in [0.1, 0.15) is 12.1 Å². The van der Waals surface area contributed by atoms with Gasteiger partial charge < -0.3 is 14.4 Å². The summed E-state index contributed by atoms with van der Waals surface area (Å²) in [5, 5.41) is 0. The van der Waals surface area contributed by atoms with Crippen molar-refractivity contribution in [3.05, 3.63) is 35.9 Å². The molecule has 1 heterocycles. The molecule has 6 nitrogen and oxygen atoms in total. The number of hydrogen-bond acceptors (Lipinski definition) is 5. The first-order chi connectivity index (χ1) is 10.6. The van der Waals surface area contributed by atoms with Crippen molar-refractivity contribution < 1.29 is 23.9 Å². The van der Waals surface area contributed by atoms with Crippen LogP contribution in [0.15, 0.2) is 30.3 Å². The molecule has 2 rings (SSSR count). The topological polar surface area (TPSA) is 72.9 Å². The van der Waals surface area contributed by atoms with Crippen molar-refractivity contribution >= 4 is 17.8 Å². The van der Waals surface area contributed by atoms with Crippen molar-refractivity contribution in [2.75, 3.05) is 14.2 Å². The van der Waals surface area contributed by atoms with Gasteiger partial charge in [0.15, 0.2) is 0 Å². The van der Waals surface area contributed by atoms with Crippen LogP contribution < -0.4 is 0 Å².